The Kier molecular flexibility index (Phi) is 4.43. The number of nitrogens with one attached hydrogen (secondary N) is 1. The normalized spacial score (nSPS) is 17.7. The van der Waals surface area contributed by atoms with Crippen LogP contribution in [0.1, 0.15) is 45.9 Å². The molecule has 2 N–H and O–H groups in total. The lowest BCUT2D eigenvalue weighted by Crippen LogP contribution is -2.48. The van der Waals surface area contributed by atoms with Crippen LogP contribution in [-0.4, -0.2) is 41.4 Å². The Morgan fingerprint density at radius 3 is 2.71 bits per heavy atom. The molecule has 1 atom stereocenters. The van der Waals surface area contributed by atoms with Crippen molar-refractivity contribution in [1.29, 1.82) is 0 Å². The van der Waals surface area contributed by atoms with Crippen molar-refractivity contribution in [2.45, 2.75) is 26.6 Å². The number of anilines is 1. The van der Waals surface area contributed by atoms with Gasteiger partial charge in [-0.25, -0.2) is 13.6 Å². The lowest BCUT2D eigenvalue weighted by atomic mass is 10.1. The molecule has 0 radical (unpaired) electrons. The Morgan fingerprint density at radius 2 is 2.19 bits per heavy atom. The van der Waals surface area contributed by atoms with Crippen LogP contribution in [0.2, 0.25) is 0 Å². The number of esters is 1. The van der Waals surface area contributed by atoms with E-state index in [0.717, 1.165) is 4.90 Å². The zero-order valence-electron chi connectivity index (χ0n) is 11.4. The molecule has 9 heteroatoms. The fourth-order valence-corrected chi connectivity index (χ4v) is 3.19. The van der Waals surface area contributed by atoms with Crippen LogP contribution in [-0.2, 0) is 4.74 Å². The molecule has 1 unspecified atom stereocenters. The molecule has 1 aliphatic heterocycles. The van der Waals surface area contributed by atoms with Gasteiger partial charge < -0.3 is 15.2 Å². The van der Waals surface area contributed by atoms with Crippen LogP contribution in [0, 0.1) is 0 Å². The Bertz CT molecular complexity index is 576. The molecule has 1 aliphatic rings. The number of aliphatic hydroxyl groups excluding tert-OH is 1. The van der Waals surface area contributed by atoms with E-state index in [0.29, 0.717) is 11.3 Å². The Labute approximate surface area is 123 Å². The quantitative estimate of drug-likeness (QED) is 0.830. The molecule has 0 aromatic carbocycles. The number of ether oxygens (including phenoxy) is 1. The van der Waals surface area contributed by atoms with Gasteiger partial charge in [-0.3, -0.25) is 9.69 Å². The molecule has 0 aliphatic carbocycles. The minimum Gasteiger partial charge on any atom is -0.462 e. The number of thiophene rings is 1. The minimum absolute atomic E-state index is 0.0369. The fourth-order valence-electron chi connectivity index (χ4n) is 2.08. The van der Waals surface area contributed by atoms with E-state index < -0.39 is 30.2 Å². The van der Waals surface area contributed by atoms with Crippen LogP contribution in [0.3, 0.4) is 0 Å². The van der Waals surface area contributed by atoms with E-state index in [9.17, 15) is 23.5 Å². The minimum atomic E-state index is -3.00. The first-order valence-electron chi connectivity index (χ1n) is 6.29. The summed E-state index contributed by atoms with van der Waals surface area (Å²) in [6.45, 7) is 3.34. The topological polar surface area (TPSA) is 78.9 Å². The summed E-state index contributed by atoms with van der Waals surface area (Å²) < 4.78 is 31.3. The number of amides is 1. The second-order valence-electron chi connectivity index (χ2n) is 4.18. The third-order valence-corrected chi connectivity index (χ3v) is 4.11. The van der Waals surface area contributed by atoms with Gasteiger partial charge in [0.25, 0.3) is 12.3 Å². The Morgan fingerprint density at radius 1 is 1.52 bits per heavy atom. The van der Waals surface area contributed by atoms with Gasteiger partial charge in [-0.1, -0.05) is 0 Å². The molecular formula is C12H14F2N2O4S. The molecule has 0 saturated heterocycles. The number of aliphatic hydroxyl groups is 1. The predicted molar refractivity (Wildman–Crippen MR) is 71.6 cm³/mol. The monoisotopic (exact) mass is 320 g/mol. The van der Waals surface area contributed by atoms with Crippen molar-refractivity contribution < 1.29 is 28.2 Å². The maximum atomic E-state index is 13.3. The first-order chi connectivity index (χ1) is 9.92. The SMILES string of the molecule is CCOC(=O)c1sc2c(c1C(F)F)C(=O)N(CC)C(O)N2. The molecule has 2 rings (SSSR count). The van der Waals surface area contributed by atoms with Crippen molar-refractivity contribution in [1.82, 2.24) is 4.90 Å². The highest BCUT2D eigenvalue weighted by molar-refractivity contribution is 7.18. The number of carbonyl (C=O) groups excluding carboxylic acids is 2. The number of rotatable bonds is 4. The molecule has 21 heavy (non-hydrogen) atoms. The average molecular weight is 320 g/mol. The molecule has 0 fully saturated rings. The van der Waals surface area contributed by atoms with Gasteiger partial charge in [-0.05, 0) is 13.8 Å². The van der Waals surface area contributed by atoms with Crippen LogP contribution < -0.4 is 5.32 Å². The highest BCUT2D eigenvalue weighted by atomic mass is 32.1. The Balaban J connectivity index is 2.57. The van der Waals surface area contributed by atoms with Gasteiger partial charge in [0.1, 0.15) is 9.88 Å². The summed E-state index contributed by atoms with van der Waals surface area (Å²) in [5, 5.41) is 12.4. The summed E-state index contributed by atoms with van der Waals surface area (Å²) in [5.74, 6) is -1.64. The van der Waals surface area contributed by atoms with Gasteiger partial charge in [0.2, 0.25) is 6.35 Å². The standard InChI is InChI=1S/C12H14F2N2O4S/c1-3-16-10(17)6-5(8(13)14)7(11(18)20-4-2)21-9(6)15-12(16)19/h8,12,15,19H,3-4H2,1-2H3. The summed E-state index contributed by atoms with van der Waals surface area (Å²) in [5.41, 5.74) is -0.915. The lowest BCUT2D eigenvalue weighted by molar-refractivity contribution is 0.0206. The van der Waals surface area contributed by atoms with Crippen LogP contribution >= 0.6 is 11.3 Å². The molecule has 1 amide bonds. The average Bonchev–Trinajstić information content (AvgIpc) is 2.79. The molecule has 6 nitrogen and oxygen atoms in total. The number of fused-ring (bicyclic) bond motifs is 1. The first kappa shape index (κ1) is 15.6. The van der Waals surface area contributed by atoms with Crippen LogP contribution in [0.15, 0.2) is 0 Å². The van der Waals surface area contributed by atoms with Crippen LogP contribution in [0.5, 0.6) is 0 Å². The van der Waals surface area contributed by atoms with E-state index >= 15 is 0 Å². The number of halogens is 2. The van der Waals surface area contributed by atoms with E-state index in [1.807, 2.05) is 0 Å². The molecule has 1 aromatic rings. The third-order valence-electron chi connectivity index (χ3n) is 3.00. The van der Waals surface area contributed by atoms with Gasteiger partial charge in [0, 0.05) is 6.54 Å². The van der Waals surface area contributed by atoms with E-state index in [4.69, 9.17) is 4.74 Å². The summed E-state index contributed by atoms with van der Waals surface area (Å²) in [4.78, 5) is 24.7. The first-order valence-corrected chi connectivity index (χ1v) is 7.11. The smallest absolute Gasteiger partial charge is 0.348 e. The van der Waals surface area contributed by atoms with Gasteiger partial charge in [-0.2, -0.15) is 0 Å². The second-order valence-corrected chi connectivity index (χ2v) is 5.20. The molecule has 0 saturated carbocycles. The third kappa shape index (κ3) is 2.58. The van der Waals surface area contributed by atoms with Crippen molar-refractivity contribution in [3.8, 4) is 0 Å². The van der Waals surface area contributed by atoms with Crippen molar-refractivity contribution in [3.05, 3.63) is 16.0 Å². The van der Waals surface area contributed by atoms with Crippen molar-refractivity contribution >= 4 is 28.2 Å². The fraction of sp³-hybridized carbons (Fsp3) is 0.500. The van der Waals surface area contributed by atoms with E-state index in [2.05, 4.69) is 5.32 Å². The highest BCUT2D eigenvalue weighted by Gasteiger charge is 2.39. The molecule has 2 heterocycles. The molecule has 0 bridgehead atoms. The number of carbonyl (C=O) groups is 2. The van der Waals surface area contributed by atoms with E-state index in [1.165, 1.54) is 0 Å². The predicted octanol–water partition coefficient (Wildman–Crippen LogP) is 2.03. The lowest BCUT2D eigenvalue weighted by Gasteiger charge is -2.32. The summed E-state index contributed by atoms with van der Waals surface area (Å²) in [6, 6.07) is 0. The molecule has 116 valence electrons. The Hall–Kier alpha value is -1.74. The highest BCUT2D eigenvalue weighted by Crippen LogP contribution is 2.42. The van der Waals surface area contributed by atoms with Crippen LogP contribution in [0.25, 0.3) is 0 Å². The molecular weight excluding hydrogens is 306 g/mol. The maximum absolute atomic E-state index is 13.3. The van der Waals surface area contributed by atoms with Crippen molar-refractivity contribution in [2.75, 3.05) is 18.5 Å². The summed E-state index contributed by atoms with van der Waals surface area (Å²) >= 11 is 0.685. The number of nitrogens with zero attached hydrogens (tertiary/aromatic N) is 1. The second kappa shape index (κ2) is 5.94. The maximum Gasteiger partial charge on any atom is 0.348 e. The molecule has 0 spiro atoms. The van der Waals surface area contributed by atoms with E-state index in [1.54, 1.807) is 13.8 Å². The summed E-state index contributed by atoms with van der Waals surface area (Å²) in [6.07, 6.45) is -4.31. The van der Waals surface area contributed by atoms with Gasteiger partial charge in [-0.15, -0.1) is 11.3 Å². The number of hydrogen-bond donors (Lipinski definition) is 2. The molecule has 1 aromatic heterocycles. The largest absolute Gasteiger partial charge is 0.462 e. The zero-order chi connectivity index (χ0) is 15.7. The zero-order valence-corrected chi connectivity index (χ0v) is 12.2. The van der Waals surface area contributed by atoms with Crippen molar-refractivity contribution in [3.63, 3.8) is 0 Å². The van der Waals surface area contributed by atoms with Gasteiger partial charge in [0.05, 0.1) is 17.7 Å². The van der Waals surface area contributed by atoms with E-state index in [-0.39, 0.29) is 28.6 Å². The summed E-state index contributed by atoms with van der Waals surface area (Å²) in [7, 11) is 0. The van der Waals surface area contributed by atoms with Gasteiger partial charge >= 0.3 is 5.97 Å². The van der Waals surface area contributed by atoms with Crippen molar-refractivity contribution in [2.24, 2.45) is 0 Å². The number of hydrogen-bond acceptors (Lipinski definition) is 6. The van der Waals surface area contributed by atoms with Crippen LogP contribution in [0.4, 0.5) is 13.8 Å². The number of alkyl halides is 2. The van der Waals surface area contributed by atoms with Gasteiger partial charge in [0.15, 0.2) is 0 Å².